The van der Waals surface area contributed by atoms with Crippen LogP contribution in [-0.4, -0.2) is 41.0 Å². The topological polar surface area (TPSA) is 87.7 Å². The lowest BCUT2D eigenvalue weighted by Gasteiger charge is -2.34. The molecule has 7 heteroatoms. The van der Waals surface area contributed by atoms with Crippen molar-refractivity contribution in [3.05, 3.63) is 77.4 Å². The van der Waals surface area contributed by atoms with E-state index in [2.05, 4.69) is 10.6 Å². The summed E-state index contributed by atoms with van der Waals surface area (Å²) in [5.74, 6) is -0.537. The molecule has 0 aliphatic rings. The minimum absolute atomic E-state index is 0.119. The van der Waals surface area contributed by atoms with Crippen LogP contribution in [0.25, 0.3) is 10.8 Å². The first-order valence-corrected chi connectivity index (χ1v) is 13.9. The first kappa shape index (κ1) is 30.7. The van der Waals surface area contributed by atoms with Gasteiger partial charge in [0.1, 0.15) is 17.7 Å². The molecule has 3 rings (SSSR count). The minimum Gasteiger partial charge on any atom is -0.444 e. The Bertz CT molecular complexity index is 1340. The summed E-state index contributed by atoms with van der Waals surface area (Å²) in [6.07, 6.45) is -0.258. The smallest absolute Gasteiger partial charge is 0.408 e. The molecule has 2 unspecified atom stereocenters. The number of aryl methyl sites for hydroxylation is 2. The Kier molecular flexibility index (Phi) is 9.96. The SMILES string of the molecule is CCN(C(=O)C(CC(C)C)NC(=O)OC(C)(C)C)C(C(=O)Nc1ccc2ccccc2c1)c1cc(C)cc(C)c1. The number of nitrogens with one attached hydrogen (secondary N) is 2. The zero-order chi connectivity index (χ0) is 29.6. The van der Waals surface area contributed by atoms with Crippen LogP contribution in [-0.2, 0) is 14.3 Å². The number of alkyl carbamates (subject to hydrolysis) is 1. The second kappa shape index (κ2) is 13.0. The predicted molar refractivity (Wildman–Crippen MR) is 161 cm³/mol. The van der Waals surface area contributed by atoms with Crippen molar-refractivity contribution < 1.29 is 19.1 Å². The van der Waals surface area contributed by atoms with Gasteiger partial charge in [-0.15, -0.1) is 0 Å². The summed E-state index contributed by atoms with van der Waals surface area (Å²) in [7, 11) is 0. The number of rotatable bonds is 9. The van der Waals surface area contributed by atoms with Crippen LogP contribution >= 0.6 is 0 Å². The van der Waals surface area contributed by atoms with Crippen LogP contribution in [0.1, 0.15) is 70.7 Å². The van der Waals surface area contributed by atoms with E-state index in [4.69, 9.17) is 4.74 Å². The quantitative estimate of drug-likeness (QED) is 0.305. The van der Waals surface area contributed by atoms with Crippen LogP contribution in [0.3, 0.4) is 0 Å². The Balaban J connectivity index is 2.00. The minimum atomic E-state index is -0.905. The first-order chi connectivity index (χ1) is 18.8. The van der Waals surface area contributed by atoms with Crippen molar-refractivity contribution in [1.82, 2.24) is 10.2 Å². The molecule has 0 aliphatic heterocycles. The molecule has 214 valence electrons. The molecule has 0 bridgehead atoms. The molecule has 0 saturated carbocycles. The number of fused-ring (bicyclic) bond motifs is 1. The second-order valence-electron chi connectivity index (χ2n) is 11.8. The zero-order valence-corrected chi connectivity index (χ0v) is 25.0. The van der Waals surface area contributed by atoms with Crippen LogP contribution in [0.15, 0.2) is 60.7 Å². The molecule has 3 aromatic rings. The highest BCUT2D eigenvalue weighted by Gasteiger charge is 2.36. The standard InChI is InChI=1S/C33H43N3O4/c1-9-36(31(38)28(16-21(2)3)35-32(39)40-33(6,7)8)29(26-18-22(4)17-23(5)19-26)30(37)34-27-15-14-24-12-10-11-13-25(24)20-27/h10-15,17-21,28-29H,9,16H2,1-8H3,(H,34,37)(H,35,39). The molecule has 0 saturated heterocycles. The number of anilines is 1. The largest absolute Gasteiger partial charge is 0.444 e. The van der Waals surface area contributed by atoms with E-state index in [1.165, 1.54) is 0 Å². The Morgan fingerprint density at radius 3 is 2.10 bits per heavy atom. The maximum absolute atomic E-state index is 14.1. The van der Waals surface area contributed by atoms with Crippen LogP contribution in [0.2, 0.25) is 0 Å². The molecule has 0 aromatic heterocycles. The molecule has 0 radical (unpaired) electrons. The number of benzene rings is 3. The van der Waals surface area contributed by atoms with Gasteiger partial charge >= 0.3 is 6.09 Å². The maximum atomic E-state index is 14.1. The molecular formula is C33H43N3O4. The number of likely N-dealkylation sites (N-methyl/N-ethyl adjacent to an activating group) is 1. The third-order valence-electron chi connectivity index (χ3n) is 6.46. The van der Waals surface area contributed by atoms with Gasteiger partial charge in [0.15, 0.2) is 0 Å². The molecule has 2 atom stereocenters. The van der Waals surface area contributed by atoms with Crippen molar-refractivity contribution in [3.63, 3.8) is 0 Å². The highest BCUT2D eigenvalue weighted by molar-refractivity contribution is 6.00. The van der Waals surface area contributed by atoms with Gasteiger partial charge in [-0.25, -0.2) is 4.79 Å². The highest BCUT2D eigenvalue weighted by Crippen LogP contribution is 2.28. The highest BCUT2D eigenvalue weighted by atomic mass is 16.6. The maximum Gasteiger partial charge on any atom is 0.408 e. The van der Waals surface area contributed by atoms with Gasteiger partial charge < -0.3 is 20.3 Å². The van der Waals surface area contributed by atoms with E-state index in [-0.39, 0.29) is 24.3 Å². The van der Waals surface area contributed by atoms with Gasteiger partial charge in [0.25, 0.3) is 5.91 Å². The number of carbonyl (C=O) groups is 3. The van der Waals surface area contributed by atoms with Crippen molar-refractivity contribution in [1.29, 1.82) is 0 Å². The van der Waals surface area contributed by atoms with Gasteiger partial charge in [-0.05, 0) is 82.3 Å². The lowest BCUT2D eigenvalue weighted by Crippen LogP contribution is -2.52. The first-order valence-electron chi connectivity index (χ1n) is 13.9. The van der Waals surface area contributed by atoms with E-state index in [9.17, 15) is 14.4 Å². The van der Waals surface area contributed by atoms with Crippen molar-refractivity contribution in [2.75, 3.05) is 11.9 Å². The predicted octanol–water partition coefficient (Wildman–Crippen LogP) is 6.92. The van der Waals surface area contributed by atoms with E-state index < -0.39 is 23.8 Å². The number of hydrogen-bond acceptors (Lipinski definition) is 4. The Labute approximate surface area is 238 Å². The molecule has 2 N–H and O–H groups in total. The molecule has 3 aromatic carbocycles. The Hall–Kier alpha value is -3.87. The zero-order valence-electron chi connectivity index (χ0n) is 25.0. The third-order valence-corrected chi connectivity index (χ3v) is 6.46. The molecule has 0 fully saturated rings. The fourth-order valence-electron chi connectivity index (χ4n) is 4.93. The third kappa shape index (κ3) is 8.31. The van der Waals surface area contributed by atoms with Crippen LogP contribution in [0, 0.1) is 19.8 Å². The molecule has 3 amide bonds. The fraction of sp³-hybridized carbons (Fsp3) is 0.424. The van der Waals surface area contributed by atoms with Gasteiger partial charge in [-0.1, -0.05) is 73.5 Å². The molecule has 0 spiro atoms. The number of nitrogens with zero attached hydrogens (tertiary/aromatic N) is 1. The van der Waals surface area contributed by atoms with Gasteiger partial charge in [0.2, 0.25) is 5.91 Å². The van der Waals surface area contributed by atoms with Crippen molar-refractivity contribution in [2.45, 2.75) is 79.5 Å². The summed E-state index contributed by atoms with van der Waals surface area (Å²) in [6, 6.07) is 17.8. The average Bonchev–Trinajstić information content (AvgIpc) is 2.84. The van der Waals surface area contributed by atoms with Gasteiger partial charge in [0, 0.05) is 12.2 Å². The molecule has 7 nitrogen and oxygen atoms in total. The molecular weight excluding hydrogens is 502 g/mol. The number of hydrogen-bond donors (Lipinski definition) is 2. The van der Waals surface area contributed by atoms with Crippen molar-refractivity contribution in [2.24, 2.45) is 5.92 Å². The van der Waals surface area contributed by atoms with Crippen LogP contribution in [0.5, 0.6) is 0 Å². The summed E-state index contributed by atoms with van der Waals surface area (Å²) >= 11 is 0. The van der Waals surface area contributed by atoms with Gasteiger partial charge in [-0.2, -0.15) is 0 Å². The van der Waals surface area contributed by atoms with Gasteiger partial charge in [0.05, 0.1) is 0 Å². The van der Waals surface area contributed by atoms with E-state index in [1.807, 2.05) is 95.3 Å². The van der Waals surface area contributed by atoms with Crippen LogP contribution in [0.4, 0.5) is 10.5 Å². The molecule has 40 heavy (non-hydrogen) atoms. The second-order valence-corrected chi connectivity index (χ2v) is 11.8. The van der Waals surface area contributed by atoms with E-state index in [1.54, 1.807) is 25.7 Å². The summed E-state index contributed by atoms with van der Waals surface area (Å²) in [6.45, 7) is 15.4. The van der Waals surface area contributed by atoms with Crippen molar-refractivity contribution >= 4 is 34.4 Å². The Morgan fingerprint density at radius 1 is 0.900 bits per heavy atom. The van der Waals surface area contributed by atoms with Crippen molar-refractivity contribution in [3.8, 4) is 0 Å². The molecule has 0 aliphatic carbocycles. The molecule has 0 heterocycles. The van der Waals surface area contributed by atoms with E-state index in [0.29, 0.717) is 17.7 Å². The summed E-state index contributed by atoms with van der Waals surface area (Å²) in [5, 5.41) is 7.90. The van der Waals surface area contributed by atoms with Gasteiger partial charge in [-0.3, -0.25) is 9.59 Å². The summed E-state index contributed by atoms with van der Waals surface area (Å²) in [5.41, 5.74) is 2.64. The summed E-state index contributed by atoms with van der Waals surface area (Å²) < 4.78 is 5.45. The van der Waals surface area contributed by atoms with Crippen LogP contribution < -0.4 is 10.6 Å². The number of ether oxygens (including phenoxy) is 1. The number of amides is 3. The van der Waals surface area contributed by atoms with E-state index in [0.717, 1.165) is 21.9 Å². The monoisotopic (exact) mass is 545 g/mol. The number of carbonyl (C=O) groups excluding carboxylic acids is 3. The lowest BCUT2D eigenvalue weighted by atomic mass is 9.97. The summed E-state index contributed by atoms with van der Waals surface area (Å²) in [4.78, 5) is 42.4. The lowest BCUT2D eigenvalue weighted by molar-refractivity contribution is -0.140. The average molecular weight is 546 g/mol. The van der Waals surface area contributed by atoms with E-state index >= 15 is 0 Å². The normalized spacial score (nSPS) is 13.0. The Morgan fingerprint density at radius 2 is 1.52 bits per heavy atom. The fourth-order valence-corrected chi connectivity index (χ4v) is 4.93.